The summed E-state index contributed by atoms with van der Waals surface area (Å²) in [6.07, 6.45) is 5.51. The highest BCUT2D eigenvalue weighted by Gasteiger charge is 2.25. The first-order chi connectivity index (χ1) is 9.66. The third-order valence-corrected chi connectivity index (χ3v) is 4.55. The highest BCUT2D eigenvalue weighted by atomic mass is 16.1. The van der Waals surface area contributed by atoms with E-state index in [-0.39, 0.29) is 17.3 Å². The predicted molar refractivity (Wildman–Crippen MR) is 74.9 cm³/mol. The zero-order valence-electron chi connectivity index (χ0n) is 11.6. The molecular formula is C16H19NO3. The van der Waals surface area contributed by atoms with Crippen LogP contribution in [-0.4, -0.2) is 16.1 Å². The molecule has 1 heterocycles. The Morgan fingerprint density at radius 1 is 1.05 bits per heavy atom. The predicted octanol–water partition coefficient (Wildman–Crippen LogP) is 2.13. The Morgan fingerprint density at radius 2 is 1.90 bits per heavy atom. The summed E-state index contributed by atoms with van der Waals surface area (Å²) >= 11 is 0. The quantitative estimate of drug-likeness (QED) is 0.847. The highest BCUT2D eigenvalue weighted by molar-refractivity contribution is 5.97. The topological polar surface area (TPSA) is 56.1 Å². The number of rotatable bonds is 3. The smallest absolute Gasteiger partial charge is 0.250 e. The summed E-state index contributed by atoms with van der Waals surface area (Å²) in [6, 6.07) is 3.15. The first-order valence-electron chi connectivity index (χ1n) is 7.45. The zero-order valence-corrected chi connectivity index (χ0v) is 11.6. The van der Waals surface area contributed by atoms with Crippen LogP contribution in [0.3, 0.4) is 0 Å². The lowest BCUT2D eigenvalue weighted by molar-refractivity contribution is -0.120. The van der Waals surface area contributed by atoms with Crippen molar-refractivity contribution in [3.8, 4) is 0 Å². The summed E-state index contributed by atoms with van der Waals surface area (Å²) in [7, 11) is 0. The molecule has 4 heteroatoms. The zero-order chi connectivity index (χ0) is 14.1. The van der Waals surface area contributed by atoms with Gasteiger partial charge in [-0.15, -0.1) is 0 Å². The van der Waals surface area contributed by atoms with E-state index in [4.69, 9.17) is 0 Å². The monoisotopic (exact) mass is 273 g/mol. The van der Waals surface area contributed by atoms with Crippen molar-refractivity contribution >= 4 is 11.6 Å². The molecule has 1 saturated carbocycles. The molecule has 1 atom stereocenters. The number of carbonyl (C=O) groups is 2. The van der Waals surface area contributed by atoms with Crippen LogP contribution < -0.4 is 5.56 Å². The molecule has 0 amide bonds. The number of nitrogens with zero attached hydrogens (tertiary/aromatic N) is 1. The van der Waals surface area contributed by atoms with Crippen molar-refractivity contribution in [3.63, 3.8) is 0 Å². The number of fused-ring (bicyclic) bond motifs is 1. The number of aromatic nitrogens is 1. The molecule has 2 aliphatic rings. The van der Waals surface area contributed by atoms with E-state index < -0.39 is 0 Å². The Kier molecular flexibility index (Phi) is 3.55. The average Bonchev–Trinajstić information content (AvgIpc) is 2.83. The molecule has 0 saturated heterocycles. The molecule has 1 aromatic rings. The molecular weight excluding hydrogens is 254 g/mol. The van der Waals surface area contributed by atoms with Crippen LogP contribution in [0, 0.1) is 5.92 Å². The minimum absolute atomic E-state index is 0.0519. The van der Waals surface area contributed by atoms with E-state index in [1.165, 1.54) is 6.07 Å². The maximum absolute atomic E-state index is 12.1. The van der Waals surface area contributed by atoms with Crippen molar-refractivity contribution in [3.05, 3.63) is 33.7 Å². The molecule has 2 aliphatic carbocycles. The third kappa shape index (κ3) is 2.35. The SMILES string of the molecule is O=C1CCCc2c1ccc(=O)n2CCC1CCCC1=O. The summed E-state index contributed by atoms with van der Waals surface area (Å²) < 4.78 is 1.72. The Balaban J connectivity index is 1.85. The van der Waals surface area contributed by atoms with Gasteiger partial charge in [0.2, 0.25) is 0 Å². The van der Waals surface area contributed by atoms with Crippen molar-refractivity contribution in [1.82, 2.24) is 4.57 Å². The number of pyridine rings is 1. The summed E-state index contributed by atoms with van der Waals surface area (Å²) in [4.78, 5) is 35.6. The fraction of sp³-hybridized carbons (Fsp3) is 0.562. The second kappa shape index (κ2) is 5.35. The van der Waals surface area contributed by atoms with Gasteiger partial charge in [0, 0.05) is 42.6 Å². The van der Waals surface area contributed by atoms with Crippen molar-refractivity contribution in [1.29, 1.82) is 0 Å². The van der Waals surface area contributed by atoms with Gasteiger partial charge in [-0.3, -0.25) is 14.4 Å². The minimum atomic E-state index is -0.0519. The summed E-state index contributed by atoms with van der Waals surface area (Å²) in [5.74, 6) is 0.577. The Labute approximate surface area is 117 Å². The maximum atomic E-state index is 12.1. The van der Waals surface area contributed by atoms with Crippen molar-refractivity contribution in [2.24, 2.45) is 5.92 Å². The molecule has 0 aliphatic heterocycles. The van der Waals surface area contributed by atoms with Crippen LogP contribution in [0.5, 0.6) is 0 Å². The summed E-state index contributed by atoms with van der Waals surface area (Å²) in [5, 5.41) is 0. The maximum Gasteiger partial charge on any atom is 0.250 e. The molecule has 0 spiro atoms. The molecule has 1 unspecified atom stereocenters. The van der Waals surface area contributed by atoms with Crippen molar-refractivity contribution in [2.45, 2.75) is 51.5 Å². The molecule has 3 rings (SSSR count). The van der Waals surface area contributed by atoms with Gasteiger partial charge < -0.3 is 4.57 Å². The van der Waals surface area contributed by atoms with Gasteiger partial charge in [-0.2, -0.15) is 0 Å². The van der Waals surface area contributed by atoms with Crippen LogP contribution >= 0.6 is 0 Å². The number of Topliss-reactive ketones (excluding diaryl/α,β-unsaturated/α-hetero) is 2. The van der Waals surface area contributed by atoms with E-state index >= 15 is 0 Å². The van der Waals surface area contributed by atoms with Crippen LogP contribution in [-0.2, 0) is 17.8 Å². The summed E-state index contributed by atoms with van der Waals surface area (Å²) in [6.45, 7) is 0.561. The lowest BCUT2D eigenvalue weighted by atomic mass is 9.94. The van der Waals surface area contributed by atoms with Gasteiger partial charge in [-0.1, -0.05) is 0 Å². The van der Waals surface area contributed by atoms with Crippen LogP contribution in [0.15, 0.2) is 16.9 Å². The second-order valence-electron chi connectivity index (χ2n) is 5.80. The van der Waals surface area contributed by atoms with Gasteiger partial charge in [0.05, 0.1) is 0 Å². The largest absolute Gasteiger partial charge is 0.312 e. The van der Waals surface area contributed by atoms with Gasteiger partial charge in [-0.05, 0) is 38.2 Å². The molecule has 0 radical (unpaired) electrons. The van der Waals surface area contributed by atoms with E-state index in [0.29, 0.717) is 30.7 Å². The lowest BCUT2D eigenvalue weighted by Gasteiger charge is -2.20. The van der Waals surface area contributed by atoms with Crippen molar-refractivity contribution in [2.75, 3.05) is 0 Å². The number of carbonyl (C=O) groups excluding carboxylic acids is 2. The standard InChI is InChI=1S/C16H19NO3/c18-14-5-1-3-11(14)9-10-17-13-4-2-6-15(19)12(13)7-8-16(17)20/h7-8,11H,1-6,9-10H2. The average molecular weight is 273 g/mol. The molecule has 1 fully saturated rings. The number of ketones is 2. The first-order valence-corrected chi connectivity index (χ1v) is 7.45. The third-order valence-electron chi connectivity index (χ3n) is 4.55. The second-order valence-corrected chi connectivity index (χ2v) is 5.80. The van der Waals surface area contributed by atoms with E-state index in [2.05, 4.69) is 0 Å². The van der Waals surface area contributed by atoms with Gasteiger partial charge in [0.1, 0.15) is 5.78 Å². The first kappa shape index (κ1) is 13.3. The highest BCUT2D eigenvalue weighted by Crippen LogP contribution is 2.26. The van der Waals surface area contributed by atoms with Crippen LogP contribution in [0.4, 0.5) is 0 Å². The fourth-order valence-electron chi connectivity index (χ4n) is 3.42. The molecule has 0 aromatic carbocycles. The lowest BCUT2D eigenvalue weighted by Crippen LogP contribution is -2.29. The fourth-order valence-corrected chi connectivity index (χ4v) is 3.42. The van der Waals surface area contributed by atoms with Crippen LogP contribution in [0.2, 0.25) is 0 Å². The summed E-state index contributed by atoms with van der Waals surface area (Å²) in [5.41, 5.74) is 1.52. The van der Waals surface area contributed by atoms with E-state index in [1.807, 2.05) is 0 Å². The Hall–Kier alpha value is -1.71. The Morgan fingerprint density at radius 3 is 2.65 bits per heavy atom. The Bertz CT molecular complexity index is 615. The molecule has 106 valence electrons. The van der Waals surface area contributed by atoms with Gasteiger partial charge in [0.15, 0.2) is 5.78 Å². The van der Waals surface area contributed by atoms with Gasteiger partial charge in [0.25, 0.3) is 5.56 Å². The van der Waals surface area contributed by atoms with Crippen LogP contribution in [0.1, 0.15) is 54.6 Å². The van der Waals surface area contributed by atoms with Crippen LogP contribution in [0.25, 0.3) is 0 Å². The molecule has 0 bridgehead atoms. The number of hydrogen-bond acceptors (Lipinski definition) is 3. The van der Waals surface area contributed by atoms with E-state index in [9.17, 15) is 14.4 Å². The normalized spacial score (nSPS) is 22.1. The van der Waals surface area contributed by atoms with Crippen molar-refractivity contribution < 1.29 is 9.59 Å². The van der Waals surface area contributed by atoms with Gasteiger partial charge >= 0.3 is 0 Å². The number of hydrogen-bond donors (Lipinski definition) is 0. The molecule has 20 heavy (non-hydrogen) atoms. The minimum Gasteiger partial charge on any atom is -0.312 e. The van der Waals surface area contributed by atoms with Gasteiger partial charge in [-0.25, -0.2) is 0 Å². The van der Waals surface area contributed by atoms with E-state index in [0.717, 1.165) is 37.8 Å². The van der Waals surface area contributed by atoms with E-state index in [1.54, 1.807) is 10.6 Å². The molecule has 0 N–H and O–H groups in total. The molecule has 4 nitrogen and oxygen atoms in total. The molecule has 1 aromatic heterocycles.